The van der Waals surface area contributed by atoms with Crippen LogP contribution < -0.4 is 10.1 Å². The molecule has 0 aliphatic carbocycles. The molecule has 1 N–H and O–H groups in total. The molecule has 0 radical (unpaired) electrons. The average molecular weight is 487 g/mol. The number of benzene rings is 1. The molecule has 0 unspecified atom stereocenters. The maximum atomic E-state index is 12.4. The summed E-state index contributed by atoms with van der Waals surface area (Å²) in [6.45, 7) is -0.628. The van der Waals surface area contributed by atoms with Gasteiger partial charge in [-0.1, -0.05) is 46.4 Å². The molecule has 30 heavy (non-hydrogen) atoms. The Morgan fingerprint density at radius 1 is 1.00 bits per heavy atom. The first-order valence-electron chi connectivity index (χ1n) is 8.19. The van der Waals surface area contributed by atoms with E-state index in [1.165, 1.54) is 30.6 Å². The topological polar surface area (TPSA) is 90.4 Å². The van der Waals surface area contributed by atoms with E-state index in [1.54, 1.807) is 18.3 Å². The van der Waals surface area contributed by atoms with Gasteiger partial charge in [0.15, 0.2) is 6.61 Å². The number of hydrogen-bond acceptors (Lipinski definition) is 6. The van der Waals surface area contributed by atoms with Gasteiger partial charge in [0, 0.05) is 12.4 Å². The summed E-state index contributed by atoms with van der Waals surface area (Å²) in [5, 5.41) is 2.63. The summed E-state index contributed by atoms with van der Waals surface area (Å²) in [5.41, 5.74) is 0.0369. The van der Waals surface area contributed by atoms with E-state index in [9.17, 15) is 9.59 Å². The predicted molar refractivity (Wildman–Crippen MR) is 114 cm³/mol. The van der Waals surface area contributed by atoms with E-state index in [2.05, 4.69) is 15.3 Å². The van der Waals surface area contributed by atoms with Crippen molar-refractivity contribution in [3.8, 4) is 11.6 Å². The molecule has 0 fully saturated rings. The smallest absolute Gasteiger partial charge is 0.344 e. The number of halogens is 4. The van der Waals surface area contributed by atoms with Crippen LogP contribution in [0.25, 0.3) is 0 Å². The van der Waals surface area contributed by atoms with Crippen LogP contribution in [0, 0.1) is 0 Å². The highest BCUT2D eigenvalue weighted by atomic mass is 35.5. The van der Waals surface area contributed by atoms with Gasteiger partial charge in [-0.15, -0.1) is 0 Å². The van der Waals surface area contributed by atoms with Gasteiger partial charge in [-0.05, 0) is 30.3 Å². The molecular weight excluding hydrogens is 476 g/mol. The molecular formula is C19H11Cl4N3O4. The summed E-state index contributed by atoms with van der Waals surface area (Å²) in [7, 11) is 0. The number of rotatable bonds is 6. The van der Waals surface area contributed by atoms with Crippen molar-refractivity contribution in [3.63, 3.8) is 0 Å². The molecule has 0 aliphatic rings. The number of aromatic nitrogens is 2. The minimum absolute atomic E-state index is 0.00335. The van der Waals surface area contributed by atoms with Crippen LogP contribution in [0.4, 0.5) is 5.69 Å². The molecule has 3 aromatic rings. The zero-order valence-electron chi connectivity index (χ0n) is 14.9. The van der Waals surface area contributed by atoms with Crippen LogP contribution in [0.2, 0.25) is 20.1 Å². The van der Waals surface area contributed by atoms with Crippen molar-refractivity contribution < 1.29 is 19.1 Å². The van der Waals surface area contributed by atoms with Crippen molar-refractivity contribution >= 4 is 64.0 Å². The molecule has 154 valence electrons. The highest BCUT2D eigenvalue weighted by Crippen LogP contribution is 2.41. The number of anilines is 1. The molecule has 0 spiro atoms. The van der Waals surface area contributed by atoms with Crippen LogP contribution in [-0.4, -0.2) is 28.5 Å². The summed E-state index contributed by atoms with van der Waals surface area (Å²) in [6.07, 6.45) is 4.48. The summed E-state index contributed by atoms with van der Waals surface area (Å²) in [5.74, 6) is -1.14. The Labute approximate surface area is 190 Å². The minimum Gasteiger partial charge on any atom is -0.452 e. The van der Waals surface area contributed by atoms with Crippen LogP contribution in [0.1, 0.15) is 10.4 Å². The summed E-state index contributed by atoms with van der Waals surface area (Å²) >= 11 is 23.9. The van der Waals surface area contributed by atoms with Crippen molar-refractivity contribution in [2.24, 2.45) is 0 Å². The summed E-state index contributed by atoms with van der Waals surface area (Å²) in [6, 6.07) is 7.63. The van der Waals surface area contributed by atoms with Crippen molar-refractivity contribution in [3.05, 3.63) is 74.6 Å². The number of nitrogens with one attached hydrogen (secondary N) is 1. The lowest BCUT2D eigenvalue weighted by Crippen LogP contribution is -2.21. The van der Waals surface area contributed by atoms with Gasteiger partial charge >= 0.3 is 5.97 Å². The molecule has 0 atom stereocenters. The van der Waals surface area contributed by atoms with Crippen molar-refractivity contribution in [2.45, 2.75) is 0 Å². The fourth-order valence-corrected chi connectivity index (χ4v) is 3.12. The molecule has 3 rings (SSSR count). The highest BCUT2D eigenvalue weighted by Gasteiger charge is 2.20. The monoisotopic (exact) mass is 485 g/mol. The standard InChI is InChI=1S/C19H11Cl4N3O4/c20-12-7-13(21)16(23)17(15(12)22)26-14(27)9-29-19(28)11-4-2-6-25-18(11)30-10-3-1-5-24-8-10/h1-8H,9H2,(H,26,27). The zero-order valence-corrected chi connectivity index (χ0v) is 17.9. The first-order chi connectivity index (χ1) is 14.4. The fourth-order valence-electron chi connectivity index (χ4n) is 2.21. The van der Waals surface area contributed by atoms with Gasteiger partial charge in [-0.2, -0.15) is 0 Å². The first kappa shape index (κ1) is 22.1. The molecule has 1 aromatic carbocycles. The van der Waals surface area contributed by atoms with E-state index in [-0.39, 0.29) is 37.2 Å². The van der Waals surface area contributed by atoms with Crippen LogP contribution in [0.15, 0.2) is 48.9 Å². The molecule has 0 bridgehead atoms. The second-order valence-electron chi connectivity index (χ2n) is 5.61. The Morgan fingerprint density at radius 3 is 2.37 bits per heavy atom. The van der Waals surface area contributed by atoms with E-state index < -0.39 is 18.5 Å². The lowest BCUT2D eigenvalue weighted by Gasteiger charge is -2.12. The van der Waals surface area contributed by atoms with E-state index >= 15 is 0 Å². The van der Waals surface area contributed by atoms with Gasteiger partial charge < -0.3 is 14.8 Å². The summed E-state index contributed by atoms with van der Waals surface area (Å²) in [4.78, 5) is 32.6. The Hall–Kier alpha value is -2.58. The van der Waals surface area contributed by atoms with Gasteiger partial charge in [0.25, 0.3) is 5.91 Å². The molecule has 1 amide bonds. The quantitative estimate of drug-likeness (QED) is 0.356. The number of amides is 1. The molecule has 11 heteroatoms. The first-order valence-corrected chi connectivity index (χ1v) is 9.71. The molecule has 2 heterocycles. The number of ether oxygens (including phenoxy) is 2. The van der Waals surface area contributed by atoms with Crippen LogP contribution >= 0.6 is 46.4 Å². The maximum Gasteiger partial charge on any atom is 0.344 e. The van der Waals surface area contributed by atoms with Crippen molar-refractivity contribution in [1.29, 1.82) is 0 Å². The number of pyridine rings is 2. The molecule has 2 aromatic heterocycles. The largest absolute Gasteiger partial charge is 0.452 e. The van der Waals surface area contributed by atoms with Crippen LogP contribution in [0.5, 0.6) is 11.6 Å². The second-order valence-corrected chi connectivity index (χ2v) is 7.18. The Morgan fingerprint density at radius 2 is 1.70 bits per heavy atom. The third-order valence-corrected chi connectivity index (χ3v) is 5.13. The predicted octanol–water partition coefficient (Wildman–Crippen LogP) is 5.68. The van der Waals surface area contributed by atoms with Gasteiger partial charge in [-0.3, -0.25) is 9.78 Å². The van der Waals surface area contributed by atoms with Gasteiger partial charge in [0.2, 0.25) is 5.88 Å². The lowest BCUT2D eigenvalue weighted by atomic mass is 10.3. The Kier molecular flexibility index (Phi) is 7.33. The molecule has 7 nitrogen and oxygen atoms in total. The van der Waals surface area contributed by atoms with Crippen LogP contribution in [0.3, 0.4) is 0 Å². The molecule has 0 saturated heterocycles. The van der Waals surface area contributed by atoms with Crippen LogP contribution in [-0.2, 0) is 9.53 Å². The lowest BCUT2D eigenvalue weighted by molar-refractivity contribution is -0.119. The third kappa shape index (κ3) is 5.31. The number of carbonyl (C=O) groups excluding carboxylic acids is 2. The van der Waals surface area contributed by atoms with E-state index in [4.69, 9.17) is 55.9 Å². The number of carbonyl (C=O) groups is 2. The number of esters is 1. The second kappa shape index (κ2) is 9.95. The van der Waals surface area contributed by atoms with Crippen molar-refractivity contribution in [2.75, 3.05) is 11.9 Å². The highest BCUT2D eigenvalue weighted by molar-refractivity contribution is 6.50. The Balaban J connectivity index is 1.68. The SMILES string of the molecule is O=C(COC(=O)c1cccnc1Oc1cccnc1)Nc1c(Cl)c(Cl)cc(Cl)c1Cl. The van der Waals surface area contributed by atoms with Gasteiger partial charge in [0.05, 0.1) is 32.0 Å². The summed E-state index contributed by atoms with van der Waals surface area (Å²) < 4.78 is 10.6. The number of nitrogens with zero attached hydrogens (tertiary/aromatic N) is 2. The van der Waals surface area contributed by atoms with Crippen molar-refractivity contribution in [1.82, 2.24) is 9.97 Å². The molecule has 0 saturated carbocycles. The minimum atomic E-state index is -0.821. The number of hydrogen-bond donors (Lipinski definition) is 1. The maximum absolute atomic E-state index is 12.4. The Bertz CT molecular complexity index is 1070. The van der Waals surface area contributed by atoms with Gasteiger partial charge in [-0.25, -0.2) is 9.78 Å². The van der Waals surface area contributed by atoms with E-state index in [0.29, 0.717) is 5.75 Å². The zero-order chi connectivity index (χ0) is 21.7. The molecule has 0 aliphatic heterocycles. The normalized spacial score (nSPS) is 10.4. The fraction of sp³-hybridized carbons (Fsp3) is 0.0526. The van der Waals surface area contributed by atoms with E-state index in [0.717, 1.165) is 0 Å². The average Bonchev–Trinajstić information content (AvgIpc) is 2.75. The van der Waals surface area contributed by atoms with Gasteiger partial charge in [0.1, 0.15) is 11.3 Å². The third-order valence-electron chi connectivity index (χ3n) is 3.55. The van der Waals surface area contributed by atoms with E-state index in [1.807, 2.05) is 0 Å².